The van der Waals surface area contributed by atoms with E-state index < -0.39 is 30.1 Å². The summed E-state index contributed by atoms with van der Waals surface area (Å²) in [6, 6.07) is 12.7. The molecule has 1 saturated heterocycles. The van der Waals surface area contributed by atoms with Crippen LogP contribution in [0, 0.1) is 5.82 Å². The summed E-state index contributed by atoms with van der Waals surface area (Å²) in [4.78, 5) is 27.4. The van der Waals surface area contributed by atoms with Crippen molar-refractivity contribution in [2.24, 2.45) is 0 Å². The van der Waals surface area contributed by atoms with Crippen LogP contribution in [0.3, 0.4) is 0 Å². The van der Waals surface area contributed by atoms with Gasteiger partial charge < -0.3 is 14.8 Å². The van der Waals surface area contributed by atoms with Gasteiger partial charge in [0.05, 0.1) is 12.6 Å². The van der Waals surface area contributed by atoms with Crippen molar-refractivity contribution in [2.45, 2.75) is 50.0 Å². The third-order valence-electron chi connectivity index (χ3n) is 6.45. The summed E-state index contributed by atoms with van der Waals surface area (Å²) in [5, 5.41) is 10.3. The monoisotopic (exact) mass is 465 g/mol. The molecule has 2 aliphatic rings. The van der Waals surface area contributed by atoms with Gasteiger partial charge in [-0.25, -0.2) is 8.78 Å². The summed E-state index contributed by atoms with van der Waals surface area (Å²) in [5.74, 6) is -0.886. The van der Waals surface area contributed by atoms with Crippen molar-refractivity contribution < 1.29 is 18.4 Å². The number of amides is 2. The number of nitrogens with one attached hydrogen (secondary N) is 1. The summed E-state index contributed by atoms with van der Waals surface area (Å²) in [6.07, 6.45) is 3.37. The van der Waals surface area contributed by atoms with Gasteiger partial charge in [-0.15, -0.1) is 10.2 Å². The van der Waals surface area contributed by atoms with Crippen molar-refractivity contribution in [3.63, 3.8) is 0 Å². The van der Waals surface area contributed by atoms with Crippen LogP contribution in [0.1, 0.15) is 47.9 Å². The average Bonchev–Trinajstić information content (AvgIpc) is 3.40. The van der Waals surface area contributed by atoms with Gasteiger partial charge in [0.2, 0.25) is 11.8 Å². The Morgan fingerprint density at radius 2 is 1.79 bits per heavy atom. The van der Waals surface area contributed by atoms with Crippen LogP contribution in [-0.2, 0) is 16.1 Å². The van der Waals surface area contributed by atoms with Gasteiger partial charge in [0.25, 0.3) is 0 Å². The molecule has 0 spiro atoms. The number of aromatic nitrogens is 3. The van der Waals surface area contributed by atoms with E-state index >= 15 is 0 Å². The lowest BCUT2D eigenvalue weighted by Crippen LogP contribution is -2.47. The molecule has 3 aromatic rings. The second-order valence-corrected chi connectivity index (χ2v) is 8.94. The van der Waals surface area contributed by atoms with Gasteiger partial charge in [0.1, 0.15) is 37.2 Å². The first-order valence-electron chi connectivity index (χ1n) is 11.4. The number of alkyl halides is 1. The average molecular weight is 466 g/mol. The standard InChI is InChI=1S/C25H25F2N5O2/c26-19-11-22(32(12-19)23(33)13-31-14-28-29-15-31)25(34)30-24(17-4-2-1-3-5-17)18-8-9-20(16-6-7-16)21(27)10-18/h1-5,8-10,14-16,19,22,24H,6-7,11-13H2,(H,30,34)/t19-,22+,24+/m1/s1. The second kappa shape index (κ2) is 9.32. The summed E-state index contributed by atoms with van der Waals surface area (Å²) in [5.41, 5.74) is 2.06. The van der Waals surface area contributed by atoms with E-state index in [9.17, 15) is 18.4 Å². The molecule has 0 unspecified atom stereocenters. The fraction of sp³-hybridized carbons (Fsp3) is 0.360. The molecule has 2 heterocycles. The van der Waals surface area contributed by atoms with Crippen molar-refractivity contribution in [3.8, 4) is 0 Å². The molecule has 2 amide bonds. The van der Waals surface area contributed by atoms with Crippen LogP contribution in [0.4, 0.5) is 8.78 Å². The van der Waals surface area contributed by atoms with Crippen LogP contribution in [0.25, 0.3) is 0 Å². The zero-order valence-electron chi connectivity index (χ0n) is 18.5. The second-order valence-electron chi connectivity index (χ2n) is 8.94. The van der Waals surface area contributed by atoms with E-state index in [2.05, 4.69) is 15.5 Å². The van der Waals surface area contributed by atoms with Gasteiger partial charge in [-0.3, -0.25) is 9.59 Å². The largest absolute Gasteiger partial charge is 0.343 e. The Morgan fingerprint density at radius 1 is 1.06 bits per heavy atom. The Morgan fingerprint density at radius 3 is 2.47 bits per heavy atom. The van der Waals surface area contributed by atoms with Gasteiger partial charge >= 0.3 is 0 Å². The third-order valence-corrected chi connectivity index (χ3v) is 6.45. The van der Waals surface area contributed by atoms with E-state index in [0.717, 1.165) is 18.4 Å². The Kier molecular flexibility index (Phi) is 6.08. The predicted molar refractivity (Wildman–Crippen MR) is 120 cm³/mol. The lowest BCUT2D eigenvalue weighted by atomic mass is 9.96. The van der Waals surface area contributed by atoms with Gasteiger partial charge in [-0.2, -0.15) is 0 Å². The minimum absolute atomic E-state index is 0.0839. The van der Waals surface area contributed by atoms with Crippen LogP contribution in [-0.4, -0.2) is 50.2 Å². The van der Waals surface area contributed by atoms with Gasteiger partial charge in [-0.1, -0.05) is 42.5 Å². The fourth-order valence-electron chi connectivity index (χ4n) is 4.55. The number of rotatable bonds is 7. The van der Waals surface area contributed by atoms with Gasteiger partial charge in [0.15, 0.2) is 0 Å². The van der Waals surface area contributed by atoms with Crippen LogP contribution in [0.15, 0.2) is 61.2 Å². The Bertz CT molecular complexity index is 1170. The number of halogens is 2. The summed E-state index contributed by atoms with van der Waals surface area (Å²) >= 11 is 0. The highest BCUT2D eigenvalue weighted by molar-refractivity contribution is 5.88. The molecule has 2 fully saturated rings. The van der Waals surface area contributed by atoms with Crippen molar-refractivity contribution in [3.05, 3.63) is 83.7 Å². The number of nitrogens with zero attached hydrogens (tertiary/aromatic N) is 4. The molecule has 34 heavy (non-hydrogen) atoms. The molecule has 176 valence electrons. The molecule has 0 radical (unpaired) electrons. The van der Waals surface area contributed by atoms with E-state index in [0.29, 0.717) is 11.1 Å². The zero-order chi connectivity index (χ0) is 23.7. The fourth-order valence-corrected chi connectivity index (χ4v) is 4.55. The molecule has 2 aromatic carbocycles. The lowest BCUT2D eigenvalue weighted by molar-refractivity contribution is -0.139. The minimum atomic E-state index is -1.30. The highest BCUT2D eigenvalue weighted by Gasteiger charge is 2.40. The molecule has 9 heteroatoms. The maximum atomic E-state index is 14.8. The first kappa shape index (κ1) is 22.2. The van der Waals surface area contributed by atoms with Crippen LogP contribution >= 0.6 is 0 Å². The molecular weight excluding hydrogens is 440 g/mol. The van der Waals surface area contributed by atoms with Crippen LogP contribution in [0.2, 0.25) is 0 Å². The molecule has 1 aliphatic heterocycles. The molecule has 1 aliphatic carbocycles. The van der Waals surface area contributed by atoms with Gasteiger partial charge in [0, 0.05) is 6.42 Å². The van der Waals surface area contributed by atoms with Crippen LogP contribution in [0.5, 0.6) is 0 Å². The first-order chi connectivity index (χ1) is 16.5. The number of hydrogen-bond donors (Lipinski definition) is 1. The molecule has 7 nitrogen and oxygen atoms in total. The van der Waals surface area contributed by atoms with Crippen LogP contribution < -0.4 is 5.32 Å². The van der Waals surface area contributed by atoms with E-state index in [-0.39, 0.29) is 31.2 Å². The number of likely N-dealkylation sites (tertiary alicyclic amines) is 1. The first-order valence-corrected chi connectivity index (χ1v) is 11.4. The number of benzene rings is 2. The van der Waals surface area contributed by atoms with E-state index in [1.165, 1.54) is 28.2 Å². The molecular formula is C25H25F2N5O2. The van der Waals surface area contributed by atoms with Crippen molar-refractivity contribution in [2.75, 3.05) is 6.54 Å². The third kappa shape index (κ3) is 4.69. The quantitative estimate of drug-likeness (QED) is 0.582. The maximum Gasteiger partial charge on any atom is 0.243 e. The molecule has 1 aromatic heterocycles. The minimum Gasteiger partial charge on any atom is -0.343 e. The summed E-state index contributed by atoms with van der Waals surface area (Å²) in [6.45, 7) is -0.237. The Labute approximate surface area is 195 Å². The topological polar surface area (TPSA) is 80.1 Å². The van der Waals surface area contributed by atoms with Crippen molar-refractivity contribution >= 4 is 11.8 Å². The van der Waals surface area contributed by atoms with E-state index in [1.807, 2.05) is 36.4 Å². The Balaban J connectivity index is 1.38. The van der Waals surface area contributed by atoms with Crippen molar-refractivity contribution in [1.29, 1.82) is 0 Å². The zero-order valence-corrected chi connectivity index (χ0v) is 18.5. The smallest absolute Gasteiger partial charge is 0.243 e. The molecule has 1 N–H and O–H groups in total. The number of hydrogen-bond acceptors (Lipinski definition) is 4. The molecule has 3 atom stereocenters. The summed E-state index contributed by atoms with van der Waals surface area (Å²) < 4.78 is 30.6. The molecule has 5 rings (SSSR count). The lowest BCUT2D eigenvalue weighted by Gasteiger charge is -2.27. The van der Waals surface area contributed by atoms with Crippen molar-refractivity contribution in [1.82, 2.24) is 25.0 Å². The highest BCUT2D eigenvalue weighted by atomic mass is 19.1. The highest BCUT2D eigenvalue weighted by Crippen LogP contribution is 2.41. The predicted octanol–water partition coefficient (Wildman–Crippen LogP) is 3.14. The SMILES string of the molecule is O=C(N[C@@H](c1ccccc1)c1ccc(C2CC2)c(F)c1)[C@@H]1C[C@@H](F)CN1C(=O)Cn1cnnc1. The number of carbonyl (C=O) groups excluding carboxylic acids is 2. The maximum absolute atomic E-state index is 14.8. The Hall–Kier alpha value is -3.62. The van der Waals surface area contributed by atoms with E-state index in [1.54, 1.807) is 6.07 Å². The molecule has 1 saturated carbocycles. The summed E-state index contributed by atoms with van der Waals surface area (Å²) in [7, 11) is 0. The molecule has 0 bridgehead atoms. The van der Waals surface area contributed by atoms with Gasteiger partial charge in [-0.05, 0) is 41.5 Å². The number of carbonyl (C=O) groups is 2. The normalized spacial score (nSPS) is 20.8. The van der Waals surface area contributed by atoms with E-state index in [4.69, 9.17) is 0 Å².